The van der Waals surface area contributed by atoms with E-state index in [-0.39, 0.29) is 0 Å². The van der Waals surface area contributed by atoms with Crippen molar-refractivity contribution in [2.24, 2.45) is 5.73 Å². The molecule has 0 unspecified atom stereocenters. The number of halogens is 1. The average molecular weight is 346 g/mol. The Balaban J connectivity index is 2.21. The van der Waals surface area contributed by atoms with Crippen LogP contribution in [-0.4, -0.2) is 23.0 Å². The van der Waals surface area contributed by atoms with Gasteiger partial charge in [-0.05, 0) is 58.9 Å². The molecule has 4 nitrogen and oxygen atoms in total. The summed E-state index contributed by atoms with van der Waals surface area (Å²) in [6.45, 7) is 0.578. The molecule has 2 aromatic heterocycles. The molecule has 3 rings (SSSR count). The van der Waals surface area contributed by atoms with Crippen LogP contribution in [0.2, 0.25) is 0 Å². The zero-order valence-electron chi connectivity index (χ0n) is 11.7. The van der Waals surface area contributed by atoms with Gasteiger partial charge in [-0.3, -0.25) is 4.40 Å². The van der Waals surface area contributed by atoms with Gasteiger partial charge in [0.15, 0.2) is 0 Å². The minimum Gasteiger partial charge on any atom is -0.497 e. The Morgan fingerprint density at radius 2 is 1.95 bits per heavy atom. The predicted octanol–water partition coefficient (Wildman–Crippen LogP) is 3.27. The molecule has 0 saturated heterocycles. The smallest absolute Gasteiger partial charge is 0.137 e. The van der Waals surface area contributed by atoms with Crippen LogP contribution in [0, 0.1) is 0 Å². The normalized spacial score (nSPS) is 11.0. The van der Waals surface area contributed by atoms with E-state index >= 15 is 0 Å². The molecule has 21 heavy (non-hydrogen) atoms. The van der Waals surface area contributed by atoms with E-state index in [0.717, 1.165) is 39.2 Å². The lowest BCUT2D eigenvalue weighted by Gasteiger charge is -2.06. The zero-order valence-corrected chi connectivity index (χ0v) is 13.3. The molecule has 0 aliphatic rings. The second kappa shape index (κ2) is 5.87. The first-order chi connectivity index (χ1) is 10.2. The quantitative estimate of drug-likeness (QED) is 0.789. The number of hydrogen-bond acceptors (Lipinski definition) is 3. The Morgan fingerprint density at radius 3 is 2.62 bits per heavy atom. The number of benzene rings is 1. The Hall–Kier alpha value is -1.85. The number of methoxy groups -OCH3 is 1. The highest BCUT2D eigenvalue weighted by Crippen LogP contribution is 2.28. The van der Waals surface area contributed by atoms with Crippen LogP contribution in [0.15, 0.2) is 47.1 Å². The van der Waals surface area contributed by atoms with E-state index in [2.05, 4.69) is 20.3 Å². The van der Waals surface area contributed by atoms with Crippen LogP contribution in [0.3, 0.4) is 0 Å². The molecule has 108 valence electrons. The molecule has 0 radical (unpaired) electrons. The van der Waals surface area contributed by atoms with Crippen molar-refractivity contribution < 1.29 is 4.74 Å². The first kappa shape index (κ1) is 14.1. The van der Waals surface area contributed by atoms with Gasteiger partial charge in [0, 0.05) is 22.7 Å². The van der Waals surface area contributed by atoms with Crippen LogP contribution in [0.5, 0.6) is 5.75 Å². The molecular weight excluding hydrogens is 330 g/mol. The van der Waals surface area contributed by atoms with Gasteiger partial charge in [-0.2, -0.15) is 0 Å². The molecular formula is C16H16BrN3O. The van der Waals surface area contributed by atoms with Crippen LogP contribution in [-0.2, 0) is 6.42 Å². The van der Waals surface area contributed by atoms with E-state index in [9.17, 15) is 0 Å². The van der Waals surface area contributed by atoms with Gasteiger partial charge >= 0.3 is 0 Å². The van der Waals surface area contributed by atoms with Crippen molar-refractivity contribution in [1.82, 2.24) is 9.38 Å². The fourth-order valence-corrected chi connectivity index (χ4v) is 2.77. The minimum atomic E-state index is 0.578. The number of hydrogen-bond donors (Lipinski definition) is 1. The molecule has 2 heterocycles. The molecule has 0 spiro atoms. The van der Waals surface area contributed by atoms with E-state index in [4.69, 9.17) is 15.5 Å². The maximum Gasteiger partial charge on any atom is 0.137 e. The van der Waals surface area contributed by atoms with Gasteiger partial charge in [-0.15, -0.1) is 0 Å². The molecule has 0 saturated carbocycles. The molecule has 0 atom stereocenters. The highest BCUT2D eigenvalue weighted by Gasteiger charge is 2.13. The summed E-state index contributed by atoms with van der Waals surface area (Å²) in [4.78, 5) is 4.69. The third-order valence-corrected chi connectivity index (χ3v) is 3.87. The van der Waals surface area contributed by atoms with Gasteiger partial charge in [0.25, 0.3) is 0 Å². The molecule has 0 fully saturated rings. The lowest BCUT2D eigenvalue weighted by Crippen LogP contribution is -2.04. The number of ether oxygens (including phenoxy) is 1. The number of pyridine rings is 1. The fourth-order valence-electron chi connectivity index (χ4n) is 2.43. The summed E-state index contributed by atoms with van der Waals surface area (Å²) < 4.78 is 8.33. The molecule has 2 N–H and O–H groups in total. The first-order valence-electron chi connectivity index (χ1n) is 6.74. The van der Waals surface area contributed by atoms with Crippen molar-refractivity contribution in [3.05, 3.63) is 52.8 Å². The minimum absolute atomic E-state index is 0.578. The number of aromatic nitrogens is 2. The van der Waals surface area contributed by atoms with Gasteiger partial charge in [-0.25, -0.2) is 4.98 Å². The second-order valence-corrected chi connectivity index (χ2v) is 5.67. The summed E-state index contributed by atoms with van der Waals surface area (Å²) >= 11 is 3.52. The summed E-state index contributed by atoms with van der Waals surface area (Å²) in [5, 5.41) is 0. The van der Waals surface area contributed by atoms with Crippen molar-refractivity contribution in [3.63, 3.8) is 0 Å². The Morgan fingerprint density at radius 1 is 1.19 bits per heavy atom. The zero-order chi connectivity index (χ0) is 14.8. The van der Waals surface area contributed by atoms with Crippen molar-refractivity contribution >= 4 is 21.6 Å². The standard InChI is InChI=1S/C16H16BrN3O/c1-21-13-5-2-11(3-6-13)16-14(8-9-18)19-15-7-4-12(17)10-20(15)16/h2-7,10H,8-9,18H2,1H3. The van der Waals surface area contributed by atoms with E-state index in [1.165, 1.54) is 0 Å². The highest BCUT2D eigenvalue weighted by molar-refractivity contribution is 9.10. The fraction of sp³-hybridized carbons (Fsp3) is 0.188. The molecule has 0 aliphatic carbocycles. The largest absolute Gasteiger partial charge is 0.497 e. The average Bonchev–Trinajstić information content (AvgIpc) is 2.85. The van der Waals surface area contributed by atoms with Crippen LogP contribution < -0.4 is 10.5 Å². The van der Waals surface area contributed by atoms with Crippen molar-refractivity contribution in [2.45, 2.75) is 6.42 Å². The van der Waals surface area contributed by atoms with Crippen molar-refractivity contribution in [1.29, 1.82) is 0 Å². The molecule has 5 heteroatoms. The number of fused-ring (bicyclic) bond motifs is 1. The van der Waals surface area contributed by atoms with Crippen LogP contribution in [0.1, 0.15) is 5.69 Å². The van der Waals surface area contributed by atoms with E-state index < -0.39 is 0 Å². The van der Waals surface area contributed by atoms with Gasteiger partial charge in [-0.1, -0.05) is 0 Å². The maximum atomic E-state index is 5.73. The summed E-state index contributed by atoms with van der Waals surface area (Å²) in [5.74, 6) is 0.842. The number of nitrogens with two attached hydrogens (primary N) is 1. The first-order valence-corrected chi connectivity index (χ1v) is 7.53. The third-order valence-electron chi connectivity index (χ3n) is 3.40. The molecule has 3 aromatic rings. The van der Waals surface area contributed by atoms with E-state index in [0.29, 0.717) is 6.54 Å². The summed E-state index contributed by atoms with van der Waals surface area (Å²) in [7, 11) is 1.67. The Kier molecular flexibility index (Phi) is 3.94. The van der Waals surface area contributed by atoms with Crippen LogP contribution in [0.25, 0.3) is 16.9 Å². The van der Waals surface area contributed by atoms with Crippen molar-refractivity contribution in [3.8, 4) is 17.0 Å². The topological polar surface area (TPSA) is 52.5 Å². The molecule has 0 aliphatic heterocycles. The lowest BCUT2D eigenvalue weighted by atomic mass is 10.1. The van der Waals surface area contributed by atoms with Crippen molar-refractivity contribution in [2.75, 3.05) is 13.7 Å². The second-order valence-electron chi connectivity index (χ2n) is 4.75. The Bertz CT molecular complexity index is 765. The monoisotopic (exact) mass is 345 g/mol. The predicted molar refractivity (Wildman–Crippen MR) is 87.6 cm³/mol. The molecule has 0 bridgehead atoms. The lowest BCUT2D eigenvalue weighted by molar-refractivity contribution is 0.415. The Labute approximate surface area is 131 Å². The highest BCUT2D eigenvalue weighted by atomic mass is 79.9. The van der Waals surface area contributed by atoms with Crippen LogP contribution in [0.4, 0.5) is 0 Å². The summed E-state index contributed by atoms with van der Waals surface area (Å²) in [6.07, 6.45) is 2.78. The van der Waals surface area contributed by atoms with Gasteiger partial charge in [0.1, 0.15) is 11.4 Å². The molecule has 0 amide bonds. The number of rotatable bonds is 4. The molecule has 1 aromatic carbocycles. The van der Waals surface area contributed by atoms with Gasteiger partial charge in [0.2, 0.25) is 0 Å². The summed E-state index contributed by atoms with van der Waals surface area (Å²) in [5.41, 5.74) is 9.85. The number of imidazole rings is 1. The van der Waals surface area contributed by atoms with E-state index in [1.54, 1.807) is 7.11 Å². The van der Waals surface area contributed by atoms with Gasteiger partial charge in [0.05, 0.1) is 18.5 Å². The summed E-state index contributed by atoms with van der Waals surface area (Å²) in [6, 6.07) is 12.0. The third kappa shape index (κ3) is 2.66. The maximum absolute atomic E-state index is 5.73. The number of nitrogens with zero attached hydrogens (tertiary/aromatic N) is 2. The van der Waals surface area contributed by atoms with E-state index in [1.807, 2.05) is 42.6 Å². The van der Waals surface area contributed by atoms with Gasteiger partial charge < -0.3 is 10.5 Å². The SMILES string of the molecule is COc1ccc(-c2c(CCN)nc3ccc(Br)cn23)cc1. The van der Waals surface area contributed by atoms with Crippen LogP contribution >= 0.6 is 15.9 Å².